The van der Waals surface area contributed by atoms with Crippen molar-refractivity contribution < 1.29 is 0 Å². The molecule has 17 heavy (non-hydrogen) atoms. The van der Waals surface area contributed by atoms with Crippen LogP contribution in [0.1, 0.15) is 37.8 Å². The molecule has 2 rings (SSSR count). The van der Waals surface area contributed by atoms with Gasteiger partial charge in [0.05, 0.1) is 0 Å². The summed E-state index contributed by atoms with van der Waals surface area (Å²) in [5.41, 5.74) is 9.83. The summed E-state index contributed by atoms with van der Waals surface area (Å²) in [5, 5.41) is 0. The van der Waals surface area contributed by atoms with Crippen molar-refractivity contribution in [2.24, 2.45) is 11.7 Å². The molecule has 2 N–H and O–H groups in total. The van der Waals surface area contributed by atoms with Gasteiger partial charge in [-0.2, -0.15) is 0 Å². The van der Waals surface area contributed by atoms with Crippen molar-refractivity contribution in [1.29, 1.82) is 0 Å². The van der Waals surface area contributed by atoms with Crippen LogP contribution < -0.4 is 10.6 Å². The first-order valence-corrected chi connectivity index (χ1v) is 6.68. The van der Waals surface area contributed by atoms with Gasteiger partial charge in [0.1, 0.15) is 0 Å². The van der Waals surface area contributed by atoms with Crippen LogP contribution in [0.2, 0.25) is 0 Å². The van der Waals surface area contributed by atoms with Crippen LogP contribution in [0.5, 0.6) is 0 Å². The lowest BCUT2D eigenvalue weighted by molar-refractivity contribution is 0.605. The maximum atomic E-state index is 5.88. The van der Waals surface area contributed by atoms with Crippen molar-refractivity contribution in [3.63, 3.8) is 0 Å². The third-order valence-corrected chi connectivity index (χ3v) is 3.31. The van der Waals surface area contributed by atoms with Crippen LogP contribution in [-0.4, -0.2) is 12.6 Å². The lowest BCUT2D eigenvalue weighted by atomic mass is 10.1. The van der Waals surface area contributed by atoms with E-state index >= 15 is 0 Å². The van der Waals surface area contributed by atoms with Gasteiger partial charge in [-0.15, -0.1) is 0 Å². The van der Waals surface area contributed by atoms with E-state index in [0.29, 0.717) is 12.5 Å². The highest BCUT2D eigenvalue weighted by Gasteiger charge is 2.30. The molecular weight excluding hydrogens is 208 g/mol. The number of hydrogen-bond acceptors (Lipinski definition) is 2. The average Bonchev–Trinajstić information content (AvgIpc) is 3.09. The van der Waals surface area contributed by atoms with Gasteiger partial charge >= 0.3 is 0 Å². The molecule has 1 aromatic carbocycles. The van der Waals surface area contributed by atoms with Gasteiger partial charge in [0, 0.05) is 24.8 Å². The first-order valence-electron chi connectivity index (χ1n) is 6.68. The quantitative estimate of drug-likeness (QED) is 0.845. The maximum absolute atomic E-state index is 5.88. The lowest BCUT2D eigenvalue weighted by Gasteiger charge is -2.29. The van der Waals surface area contributed by atoms with Gasteiger partial charge < -0.3 is 10.6 Å². The van der Waals surface area contributed by atoms with E-state index in [4.69, 9.17) is 5.73 Å². The molecule has 1 aromatic rings. The second kappa shape index (κ2) is 5.09. The van der Waals surface area contributed by atoms with Gasteiger partial charge in [-0.3, -0.25) is 0 Å². The van der Waals surface area contributed by atoms with Crippen molar-refractivity contribution in [3.8, 4) is 0 Å². The van der Waals surface area contributed by atoms with Crippen LogP contribution in [0.15, 0.2) is 18.2 Å². The summed E-state index contributed by atoms with van der Waals surface area (Å²) >= 11 is 0. The van der Waals surface area contributed by atoms with Crippen LogP contribution in [0.25, 0.3) is 0 Å². The van der Waals surface area contributed by atoms with E-state index in [1.165, 1.54) is 29.7 Å². The Morgan fingerprint density at radius 1 is 1.35 bits per heavy atom. The molecule has 0 aromatic heterocycles. The number of aryl methyl sites for hydroxylation is 1. The molecule has 0 atom stereocenters. The highest BCUT2D eigenvalue weighted by molar-refractivity contribution is 5.56. The first kappa shape index (κ1) is 12.4. The van der Waals surface area contributed by atoms with Gasteiger partial charge in [0.25, 0.3) is 0 Å². The molecule has 0 amide bonds. The minimum atomic E-state index is 0.637. The summed E-state index contributed by atoms with van der Waals surface area (Å²) < 4.78 is 0. The van der Waals surface area contributed by atoms with E-state index in [0.717, 1.165) is 12.6 Å². The Labute approximate surface area is 105 Å². The Morgan fingerprint density at radius 3 is 2.59 bits per heavy atom. The lowest BCUT2D eigenvalue weighted by Crippen LogP contribution is -2.31. The third-order valence-electron chi connectivity index (χ3n) is 3.31. The number of anilines is 1. The number of nitrogens with two attached hydrogens (primary N) is 1. The fourth-order valence-electron chi connectivity index (χ4n) is 2.38. The fourth-order valence-corrected chi connectivity index (χ4v) is 2.38. The molecule has 0 radical (unpaired) electrons. The molecule has 94 valence electrons. The van der Waals surface area contributed by atoms with Crippen LogP contribution in [-0.2, 0) is 6.54 Å². The van der Waals surface area contributed by atoms with Crippen molar-refractivity contribution in [1.82, 2.24) is 0 Å². The van der Waals surface area contributed by atoms with E-state index < -0.39 is 0 Å². The number of hydrogen-bond donors (Lipinski definition) is 1. The second-order valence-corrected chi connectivity index (χ2v) is 5.61. The van der Waals surface area contributed by atoms with Crippen LogP contribution in [0, 0.1) is 12.8 Å². The summed E-state index contributed by atoms with van der Waals surface area (Å²) in [5.74, 6) is 0.697. The summed E-state index contributed by atoms with van der Waals surface area (Å²) in [6, 6.07) is 7.43. The standard InChI is InChI=1S/C15H24N2/c1-11(2)10-17(14-5-6-14)15-7-4-12(3)8-13(15)9-16/h4,7-8,11,14H,5-6,9-10,16H2,1-3H3. The van der Waals surface area contributed by atoms with Crippen molar-refractivity contribution in [2.45, 2.75) is 46.2 Å². The highest BCUT2D eigenvalue weighted by Crippen LogP contribution is 2.34. The van der Waals surface area contributed by atoms with Gasteiger partial charge in [-0.25, -0.2) is 0 Å². The molecule has 0 bridgehead atoms. The minimum absolute atomic E-state index is 0.637. The molecule has 1 aliphatic carbocycles. The summed E-state index contributed by atoms with van der Waals surface area (Å²) in [4.78, 5) is 2.56. The van der Waals surface area contributed by atoms with Gasteiger partial charge in [-0.05, 0) is 37.3 Å². The van der Waals surface area contributed by atoms with E-state index in [2.05, 4.69) is 43.9 Å². The molecular formula is C15H24N2. The number of rotatable bonds is 5. The second-order valence-electron chi connectivity index (χ2n) is 5.61. The molecule has 0 spiro atoms. The molecule has 2 nitrogen and oxygen atoms in total. The number of benzene rings is 1. The fraction of sp³-hybridized carbons (Fsp3) is 0.600. The Hall–Kier alpha value is -1.02. The minimum Gasteiger partial charge on any atom is -0.368 e. The van der Waals surface area contributed by atoms with Gasteiger partial charge in [0.15, 0.2) is 0 Å². The zero-order valence-electron chi connectivity index (χ0n) is 11.2. The topological polar surface area (TPSA) is 29.3 Å². The molecule has 1 aliphatic rings. The predicted molar refractivity (Wildman–Crippen MR) is 74.3 cm³/mol. The SMILES string of the molecule is Cc1ccc(N(CC(C)C)C2CC2)c(CN)c1. The van der Waals surface area contributed by atoms with E-state index in [1.807, 2.05) is 0 Å². The largest absolute Gasteiger partial charge is 0.368 e. The zero-order chi connectivity index (χ0) is 12.4. The van der Waals surface area contributed by atoms with Crippen molar-refractivity contribution in [2.75, 3.05) is 11.4 Å². The van der Waals surface area contributed by atoms with E-state index in [1.54, 1.807) is 0 Å². The molecule has 2 heteroatoms. The molecule has 0 aliphatic heterocycles. The zero-order valence-corrected chi connectivity index (χ0v) is 11.2. The molecule has 0 saturated heterocycles. The highest BCUT2D eigenvalue weighted by atomic mass is 15.2. The Morgan fingerprint density at radius 2 is 2.06 bits per heavy atom. The number of nitrogens with zero attached hydrogens (tertiary/aromatic N) is 1. The van der Waals surface area contributed by atoms with Crippen molar-refractivity contribution >= 4 is 5.69 Å². The summed E-state index contributed by atoms with van der Waals surface area (Å²) in [6.45, 7) is 8.48. The summed E-state index contributed by atoms with van der Waals surface area (Å²) in [7, 11) is 0. The average molecular weight is 232 g/mol. The van der Waals surface area contributed by atoms with Crippen LogP contribution in [0.3, 0.4) is 0 Å². The molecule has 1 fully saturated rings. The molecule has 0 unspecified atom stereocenters. The van der Waals surface area contributed by atoms with Crippen LogP contribution >= 0.6 is 0 Å². The van der Waals surface area contributed by atoms with E-state index in [9.17, 15) is 0 Å². The first-order chi connectivity index (χ1) is 8.11. The third kappa shape index (κ3) is 3.01. The van der Waals surface area contributed by atoms with Gasteiger partial charge in [0.2, 0.25) is 0 Å². The normalized spacial score (nSPS) is 15.4. The van der Waals surface area contributed by atoms with Gasteiger partial charge in [-0.1, -0.05) is 31.5 Å². The van der Waals surface area contributed by atoms with Crippen molar-refractivity contribution in [3.05, 3.63) is 29.3 Å². The predicted octanol–water partition coefficient (Wildman–Crippen LogP) is 3.08. The monoisotopic (exact) mass is 232 g/mol. The maximum Gasteiger partial charge on any atom is 0.0414 e. The Balaban J connectivity index is 2.28. The summed E-state index contributed by atoms with van der Waals surface area (Å²) in [6.07, 6.45) is 2.68. The Kier molecular flexibility index (Phi) is 3.72. The molecule has 1 saturated carbocycles. The smallest absolute Gasteiger partial charge is 0.0414 e. The molecule has 0 heterocycles. The van der Waals surface area contributed by atoms with Crippen LogP contribution in [0.4, 0.5) is 5.69 Å². The Bertz CT molecular complexity index is 381. The van der Waals surface area contributed by atoms with E-state index in [-0.39, 0.29) is 0 Å².